The smallest absolute Gasteiger partial charge is 0.343 e. The van der Waals surface area contributed by atoms with Gasteiger partial charge in [-0.1, -0.05) is 39.0 Å². The third-order valence-electron chi connectivity index (χ3n) is 4.33. The number of Topliss-reactive ketones (excluding diaryl/α,β-unsaturated/α-hetero) is 1. The first kappa shape index (κ1) is 20.7. The Hall–Kier alpha value is -2.62. The number of esters is 1. The van der Waals surface area contributed by atoms with Gasteiger partial charge in [0.2, 0.25) is 0 Å². The molecule has 0 heterocycles. The molecule has 2 aromatic carbocycles. The summed E-state index contributed by atoms with van der Waals surface area (Å²) in [7, 11) is 0. The van der Waals surface area contributed by atoms with Crippen molar-refractivity contribution in [1.82, 2.24) is 0 Å². The minimum absolute atomic E-state index is 0.0237. The summed E-state index contributed by atoms with van der Waals surface area (Å²) >= 11 is 0. The Morgan fingerprint density at radius 2 is 1.30 bits per heavy atom. The quantitative estimate of drug-likeness (QED) is 0.216. The molecule has 0 radical (unpaired) electrons. The van der Waals surface area contributed by atoms with E-state index in [0.29, 0.717) is 23.5 Å². The summed E-state index contributed by atoms with van der Waals surface area (Å²) in [5, 5.41) is 0. The van der Waals surface area contributed by atoms with Crippen LogP contribution in [0, 0.1) is 0 Å². The average molecular weight is 368 g/mol. The number of carbonyl (C=O) groups excluding carboxylic acids is 2. The van der Waals surface area contributed by atoms with Crippen LogP contribution >= 0.6 is 0 Å². The van der Waals surface area contributed by atoms with Crippen molar-refractivity contribution in [2.24, 2.45) is 0 Å². The van der Waals surface area contributed by atoms with Gasteiger partial charge >= 0.3 is 5.97 Å². The summed E-state index contributed by atoms with van der Waals surface area (Å²) in [5.74, 6) is 0.705. The van der Waals surface area contributed by atoms with Gasteiger partial charge in [-0.2, -0.15) is 0 Å². The number of hydrogen-bond donors (Lipinski definition) is 0. The minimum atomic E-state index is -0.437. The highest BCUT2D eigenvalue weighted by molar-refractivity contribution is 5.94. The molecule has 0 aliphatic rings. The number of carbonyl (C=O) groups is 2. The van der Waals surface area contributed by atoms with Crippen LogP contribution in [0.1, 0.15) is 73.1 Å². The largest absolute Gasteiger partial charge is 0.494 e. The Labute approximate surface area is 161 Å². The zero-order chi connectivity index (χ0) is 19.5. The standard InChI is InChI=1S/C23H28O4/c1-3-4-5-6-7-8-17-26-21-13-11-20(12-14-21)23(25)27-22-15-9-19(10-16-22)18(2)24/h9-16H,3-8,17H2,1-2H3. The molecule has 0 aliphatic heterocycles. The number of benzene rings is 2. The monoisotopic (exact) mass is 368 g/mol. The molecule has 0 spiro atoms. The fraction of sp³-hybridized carbons (Fsp3) is 0.391. The summed E-state index contributed by atoms with van der Waals surface area (Å²) in [6.45, 7) is 4.41. The lowest BCUT2D eigenvalue weighted by Gasteiger charge is -2.08. The van der Waals surface area contributed by atoms with E-state index in [1.165, 1.54) is 39.0 Å². The van der Waals surface area contributed by atoms with Crippen molar-refractivity contribution in [1.29, 1.82) is 0 Å². The number of ether oxygens (including phenoxy) is 2. The molecule has 0 aromatic heterocycles. The van der Waals surface area contributed by atoms with Crippen molar-refractivity contribution in [3.8, 4) is 11.5 Å². The molecule has 0 amide bonds. The predicted octanol–water partition coefficient (Wildman–Crippen LogP) is 5.85. The van der Waals surface area contributed by atoms with Crippen LogP contribution in [0.4, 0.5) is 0 Å². The van der Waals surface area contributed by atoms with Crippen molar-refractivity contribution >= 4 is 11.8 Å². The van der Waals surface area contributed by atoms with Gasteiger partial charge in [0.05, 0.1) is 12.2 Å². The topological polar surface area (TPSA) is 52.6 Å². The first-order valence-electron chi connectivity index (χ1n) is 9.66. The summed E-state index contributed by atoms with van der Waals surface area (Å²) < 4.78 is 11.0. The third-order valence-corrected chi connectivity index (χ3v) is 4.33. The fourth-order valence-electron chi connectivity index (χ4n) is 2.68. The maximum absolute atomic E-state index is 12.2. The SMILES string of the molecule is CCCCCCCCOc1ccc(C(=O)Oc2ccc(C(C)=O)cc2)cc1. The van der Waals surface area contributed by atoms with Gasteiger partial charge in [0.25, 0.3) is 0 Å². The first-order valence-corrected chi connectivity index (χ1v) is 9.66. The molecule has 27 heavy (non-hydrogen) atoms. The molecule has 4 heteroatoms. The van der Waals surface area contributed by atoms with Crippen molar-refractivity contribution in [2.75, 3.05) is 6.61 Å². The zero-order valence-electron chi connectivity index (χ0n) is 16.2. The molecular formula is C23H28O4. The molecule has 0 aliphatic carbocycles. The number of rotatable bonds is 11. The number of unbranched alkanes of at least 4 members (excludes halogenated alkanes) is 5. The van der Waals surface area contributed by atoms with E-state index in [0.717, 1.165) is 12.2 Å². The Morgan fingerprint density at radius 1 is 0.741 bits per heavy atom. The van der Waals surface area contributed by atoms with Gasteiger partial charge in [-0.05, 0) is 61.9 Å². The number of ketones is 1. The summed E-state index contributed by atoms with van der Waals surface area (Å²) in [4.78, 5) is 23.5. The van der Waals surface area contributed by atoms with Crippen LogP contribution in [-0.4, -0.2) is 18.4 Å². The van der Waals surface area contributed by atoms with Crippen LogP contribution in [0.5, 0.6) is 11.5 Å². The highest BCUT2D eigenvalue weighted by Gasteiger charge is 2.09. The molecule has 0 atom stereocenters. The molecule has 2 aromatic rings. The maximum atomic E-state index is 12.2. The summed E-state index contributed by atoms with van der Waals surface area (Å²) in [6, 6.07) is 13.5. The van der Waals surface area contributed by atoms with Gasteiger partial charge in [0.1, 0.15) is 11.5 Å². The van der Waals surface area contributed by atoms with E-state index in [1.54, 1.807) is 48.5 Å². The molecule has 144 valence electrons. The number of hydrogen-bond acceptors (Lipinski definition) is 4. The van der Waals surface area contributed by atoms with E-state index in [2.05, 4.69) is 6.92 Å². The van der Waals surface area contributed by atoms with E-state index in [1.807, 2.05) is 0 Å². The zero-order valence-corrected chi connectivity index (χ0v) is 16.2. The van der Waals surface area contributed by atoms with Crippen LogP contribution in [0.3, 0.4) is 0 Å². The predicted molar refractivity (Wildman–Crippen MR) is 107 cm³/mol. The lowest BCUT2D eigenvalue weighted by Crippen LogP contribution is -2.08. The third kappa shape index (κ3) is 7.26. The van der Waals surface area contributed by atoms with Gasteiger partial charge in [0, 0.05) is 5.56 Å². The van der Waals surface area contributed by atoms with Gasteiger partial charge < -0.3 is 9.47 Å². The summed E-state index contributed by atoms with van der Waals surface area (Å²) in [6.07, 6.45) is 7.35. The van der Waals surface area contributed by atoms with E-state index < -0.39 is 5.97 Å². The lowest BCUT2D eigenvalue weighted by atomic mass is 10.1. The van der Waals surface area contributed by atoms with Crippen LogP contribution in [0.2, 0.25) is 0 Å². The second-order valence-electron chi connectivity index (χ2n) is 6.61. The lowest BCUT2D eigenvalue weighted by molar-refractivity contribution is 0.0734. The fourth-order valence-corrected chi connectivity index (χ4v) is 2.68. The maximum Gasteiger partial charge on any atom is 0.343 e. The molecule has 0 N–H and O–H groups in total. The van der Waals surface area contributed by atoms with Gasteiger partial charge in [-0.3, -0.25) is 4.79 Å². The van der Waals surface area contributed by atoms with Crippen molar-refractivity contribution in [3.63, 3.8) is 0 Å². The van der Waals surface area contributed by atoms with Gasteiger partial charge in [0.15, 0.2) is 5.78 Å². The average Bonchev–Trinajstić information content (AvgIpc) is 2.68. The molecular weight excluding hydrogens is 340 g/mol. The highest BCUT2D eigenvalue weighted by Crippen LogP contribution is 2.17. The molecule has 0 unspecified atom stereocenters. The van der Waals surface area contributed by atoms with Gasteiger partial charge in [-0.25, -0.2) is 4.79 Å². The van der Waals surface area contributed by atoms with Gasteiger partial charge in [-0.15, -0.1) is 0 Å². The molecule has 0 saturated heterocycles. The molecule has 0 saturated carbocycles. The van der Waals surface area contributed by atoms with Crippen LogP contribution in [0.15, 0.2) is 48.5 Å². The molecule has 4 nitrogen and oxygen atoms in total. The first-order chi connectivity index (χ1) is 13.1. The summed E-state index contributed by atoms with van der Waals surface area (Å²) in [5.41, 5.74) is 1.04. The van der Waals surface area contributed by atoms with E-state index in [-0.39, 0.29) is 5.78 Å². The Kier molecular flexibility index (Phi) is 8.56. The molecule has 0 fully saturated rings. The highest BCUT2D eigenvalue weighted by atomic mass is 16.5. The van der Waals surface area contributed by atoms with E-state index >= 15 is 0 Å². The van der Waals surface area contributed by atoms with E-state index in [4.69, 9.17) is 9.47 Å². The van der Waals surface area contributed by atoms with Crippen molar-refractivity contribution in [2.45, 2.75) is 52.4 Å². The van der Waals surface area contributed by atoms with Crippen molar-refractivity contribution in [3.05, 3.63) is 59.7 Å². The Bertz CT molecular complexity index is 717. The van der Waals surface area contributed by atoms with E-state index in [9.17, 15) is 9.59 Å². The van der Waals surface area contributed by atoms with Crippen LogP contribution in [0.25, 0.3) is 0 Å². The molecule has 0 bridgehead atoms. The second-order valence-corrected chi connectivity index (χ2v) is 6.61. The van der Waals surface area contributed by atoms with Crippen LogP contribution < -0.4 is 9.47 Å². The van der Waals surface area contributed by atoms with Crippen LogP contribution in [-0.2, 0) is 0 Å². The second kappa shape index (κ2) is 11.2. The molecule has 2 rings (SSSR count). The Morgan fingerprint density at radius 3 is 1.93 bits per heavy atom. The van der Waals surface area contributed by atoms with Crippen molar-refractivity contribution < 1.29 is 19.1 Å². The normalized spacial score (nSPS) is 10.4. The minimum Gasteiger partial charge on any atom is -0.494 e. The Balaban J connectivity index is 1.76.